The van der Waals surface area contributed by atoms with Crippen molar-refractivity contribution in [3.63, 3.8) is 0 Å². The molecule has 0 saturated heterocycles. The summed E-state index contributed by atoms with van der Waals surface area (Å²) in [6, 6.07) is 6.41. The van der Waals surface area contributed by atoms with E-state index in [1.54, 1.807) is 24.4 Å². The lowest BCUT2D eigenvalue weighted by molar-refractivity contribution is -0.123. The van der Waals surface area contributed by atoms with Crippen LogP contribution in [0.1, 0.15) is 13.3 Å². The Morgan fingerprint density at radius 2 is 2.09 bits per heavy atom. The van der Waals surface area contributed by atoms with Crippen LogP contribution >= 0.6 is 0 Å². The number of carbonyl (C=O) groups is 2. The summed E-state index contributed by atoms with van der Waals surface area (Å²) in [7, 11) is 0. The van der Waals surface area contributed by atoms with Crippen LogP contribution in [-0.2, 0) is 16.1 Å². The highest BCUT2D eigenvalue weighted by Gasteiger charge is 2.25. The van der Waals surface area contributed by atoms with Crippen molar-refractivity contribution in [1.29, 1.82) is 0 Å². The summed E-state index contributed by atoms with van der Waals surface area (Å²) in [5.74, 6) is -0.346. The first kappa shape index (κ1) is 15.2. The van der Waals surface area contributed by atoms with E-state index >= 15 is 0 Å². The molecular weight excluding hydrogens is 299 g/mol. The van der Waals surface area contributed by atoms with E-state index in [0.717, 1.165) is 13.0 Å². The minimum atomic E-state index is -0.348. The van der Waals surface area contributed by atoms with Crippen LogP contribution < -0.4 is 10.2 Å². The molecule has 120 valence electrons. The number of fused-ring (bicyclic) bond motifs is 1. The summed E-state index contributed by atoms with van der Waals surface area (Å²) in [5, 5.41) is 2.49. The van der Waals surface area contributed by atoms with Gasteiger partial charge in [-0.05, 0) is 18.6 Å². The molecule has 1 aliphatic rings. The van der Waals surface area contributed by atoms with Crippen molar-refractivity contribution in [3.8, 4) is 11.3 Å². The molecule has 6 nitrogen and oxygen atoms in total. The number of anilines is 1. The van der Waals surface area contributed by atoms with Crippen LogP contribution in [-0.4, -0.2) is 34.5 Å². The summed E-state index contributed by atoms with van der Waals surface area (Å²) in [6.45, 7) is 2.55. The number of amides is 2. The van der Waals surface area contributed by atoms with Crippen LogP contribution in [0.25, 0.3) is 11.3 Å². The second-order valence-electron chi connectivity index (χ2n) is 5.41. The van der Waals surface area contributed by atoms with Crippen LogP contribution in [0.2, 0.25) is 0 Å². The molecule has 0 atom stereocenters. The fourth-order valence-corrected chi connectivity index (χ4v) is 2.62. The molecule has 0 bridgehead atoms. The molecule has 2 heterocycles. The average molecular weight is 316 g/mol. The molecule has 23 heavy (non-hydrogen) atoms. The molecule has 0 aliphatic carbocycles. The molecule has 1 aromatic heterocycles. The van der Waals surface area contributed by atoms with Crippen molar-refractivity contribution < 1.29 is 14.0 Å². The number of imidazole rings is 1. The number of hydrogen-bond donors (Lipinski definition) is 1. The van der Waals surface area contributed by atoms with E-state index in [1.807, 2.05) is 4.57 Å². The Morgan fingerprint density at radius 3 is 2.83 bits per heavy atom. The number of aromatic nitrogens is 2. The van der Waals surface area contributed by atoms with Crippen molar-refractivity contribution in [3.05, 3.63) is 36.3 Å². The van der Waals surface area contributed by atoms with Gasteiger partial charge in [0.15, 0.2) is 0 Å². The zero-order valence-electron chi connectivity index (χ0n) is 12.8. The van der Waals surface area contributed by atoms with E-state index in [9.17, 15) is 14.0 Å². The lowest BCUT2D eigenvalue weighted by Crippen LogP contribution is -2.43. The molecule has 0 saturated carbocycles. The van der Waals surface area contributed by atoms with Crippen LogP contribution in [0, 0.1) is 5.82 Å². The second kappa shape index (κ2) is 6.20. The monoisotopic (exact) mass is 316 g/mol. The van der Waals surface area contributed by atoms with E-state index in [4.69, 9.17) is 0 Å². The Morgan fingerprint density at radius 1 is 1.30 bits per heavy atom. The van der Waals surface area contributed by atoms with Crippen molar-refractivity contribution >= 4 is 17.8 Å². The standard InChI is InChI=1S/C16H17FN4O2/c1-11(22)18-9-15(23)21-8-4-7-20-10-14(19-16(20)21)12-5-2-3-6-13(12)17/h2-3,5-6,10H,4,7-9H2,1H3,(H,18,22). The Hall–Kier alpha value is -2.70. The minimum Gasteiger partial charge on any atom is -0.347 e. The van der Waals surface area contributed by atoms with Gasteiger partial charge >= 0.3 is 0 Å². The number of nitrogens with zero attached hydrogens (tertiary/aromatic N) is 3. The smallest absolute Gasteiger partial charge is 0.248 e. The van der Waals surface area contributed by atoms with Gasteiger partial charge in [-0.3, -0.25) is 14.5 Å². The van der Waals surface area contributed by atoms with Gasteiger partial charge in [-0.2, -0.15) is 0 Å². The van der Waals surface area contributed by atoms with Gasteiger partial charge < -0.3 is 9.88 Å². The van der Waals surface area contributed by atoms with Crippen molar-refractivity contribution in [2.75, 3.05) is 18.0 Å². The highest BCUT2D eigenvalue weighted by Crippen LogP contribution is 2.27. The summed E-state index contributed by atoms with van der Waals surface area (Å²) >= 11 is 0. The number of nitrogens with one attached hydrogen (secondary N) is 1. The lowest BCUT2D eigenvalue weighted by atomic mass is 10.1. The second-order valence-corrected chi connectivity index (χ2v) is 5.41. The van der Waals surface area contributed by atoms with Crippen molar-refractivity contribution in [2.24, 2.45) is 0 Å². The maximum Gasteiger partial charge on any atom is 0.248 e. The first-order chi connectivity index (χ1) is 11.1. The maximum atomic E-state index is 13.9. The Labute approximate surface area is 132 Å². The molecule has 2 aromatic rings. The molecule has 1 aromatic carbocycles. The van der Waals surface area contributed by atoms with Gasteiger partial charge in [-0.25, -0.2) is 9.37 Å². The minimum absolute atomic E-state index is 0.0722. The van der Waals surface area contributed by atoms with Gasteiger partial charge in [0.1, 0.15) is 5.82 Å². The number of halogens is 1. The first-order valence-electron chi connectivity index (χ1n) is 7.43. The summed E-state index contributed by atoms with van der Waals surface area (Å²) in [6.07, 6.45) is 2.54. The first-order valence-corrected chi connectivity index (χ1v) is 7.43. The molecule has 0 radical (unpaired) electrons. The fraction of sp³-hybridized carbons (Fsp3) is 0.312. The van der Waals surface area contributed by atoms with E-state index < -0.39 is 0 Å². The van der Waals surface area contributed by atoms with Gasteiger partial charge in [0.05, 0.1) is 12.2 Å². The molecule has 2 amide bonds. The molecular formula is C16H17FN4O2. The van der Waals surface area contributed by atoms with Gasteiger partial charge in [0, 0.05) is 31.8 Å². The molecule has 1 aliphatic heterocycles. The van der Waals surface area contributed by atoms with Crippen molar-refractivity contribution in [1.82, 2.24) is 14.9 Å². The van der Waals surface area contributed by atoms with Gasteiger partial charge in [0.2, 0.25) is 17.8 Å². The largest absolute Gasteiger partial charge is 0.347 e. The fourth-order valence-electron chi connectivity index (χ4n) is 2.62. The van der Waals surface area contributed by atoms with Crippen LogP contribution in [0.15, 0.2) is 30.5 Å². The van der Waals surface area contributed by atoms with Crippen LogP contribution in [0.3, 0.4) is 0 Å². The zero-order valence-corrected chi connectivity index (χ0v) is 12.8. The van der Waals surface area contributed by atoms with E-state index in [-0.39, 0.29) is 24.2 Å². The van der Waals surface area contributed by atoms with Crippen molar-refractivity contribution in [2.45, 2.75) is 19.9 Å². The van der Waals surface area contributed by atoms with Crippen LogP contribution in [0.4, 0.5) is 10.3 Å². The van der Waals surface area contributed by atoms with E-state index in [0.29, 0.717) is 23.8 Å². The quantitative estimate of drug-likeness (QED) is 0.934. The highest BCUT2D eigenvalue weighted by molar-refractivity contribution is 5.95. The normalized spacial score (nSPS) is 13.6. The summed E-state index contributed by atoms with van der Waals surface area (Å²) in [4.78, 5) is 29.2. The Balaban J connectivity index is 1.89. The Kier molecular flexibility index (Phi) is 4.10. The molecule has 3 rings (SSSR count). The average Bonchev–Trinajstić information content (AvgIpc) is 2.96. The lowest BCUT2D eigenvalue weighted by Gasteiger charge is -2.27. The predicted octanol–water partition coefficient (Wildman–Crippen LogP) is 1.56. The Bertz CT molecular complexity index is 756. The molecule has 0 unspecified atom stereocenters. The topological polar surface area (TPSA) is 67.2 Å². The maximum absolute atomic E-state index is 13.9. The number of hydrogen-bond acceptors (Lipinski definition) is 3. The van der Waals surface area contributed by atoms with Crippen LogP contribution in [0.5, 0.6) is 0 Å². The molecule has 7 heteroatoms. The number of carbonyl (C=O) groups excluding carboxylic acids is 2. The predicted molar refractivity (Wildman–Crippen MR) is 83.3 cm³/mol. The third kappa shape index (κ3) is 3.08. The van der Waals surface area contributed by atoms with Gasteiger partial charge in [0.25, 0.3) is 0 Å². The summed E-state index contributed by atoms with van der Waals surface area (Å²) < 4.78 is 15.8. The van der Waals surface area contributed by atoms with E-state index in [2.05, 4.69) is 10.3 Å². The molecule has 0 fully saturated rings. The zero-order chi connectivity index (χ0) is 16.4. The molecule has 0 spiro atoms. The van der Waals surface area contributed by atoms with Gasteiger partial charge in [-0.1, -0.05) is 12.1 Å². The van der Waals surface area contributed by atoms with Gasteiger partial charge in [-0.15, -0.1) is 0 Å². The third-order valence-electron chi connectivity index (χ3n) is 3.72. The molecule has 1 N–H and O–H groups in total. The summed E-state index contributed by atoms with van der Waals surface area (Å²) in [5.41, 5.74) is 0.904. The number of rotatable bonds is 3. The number of aryl methyl sites for hydroxylation is 1. The third-order valence-corrected chi connectivity index (χ3v) is 3.72. The SMILES string of the molecule is CC(=O)NCC(=O)N1CCCn2cc(-c3ccccc3F)nc21. The number of benzene rings is 1. The van der Waals surface area contributed by atoms with E-state index in [1.165, 1.54) is 17.9 Å². The highest BCUT2D eigenvalue weighted by atomic mass is 19.1.